The molecule has 3 atom stereocenters. The summed E-state index contributed by atoms with van der Waals surface area (Å²) in [4.78, 5) is 0. The molecule has 3 rings (SSSR count). The van der Waals surface area contributed by atoms with Crippen LogP contribution in [0.3, 0.4) is 0 Å². The molecule has 2 aliphatic carbocycles. The highest BCUT2D eigenvalue weighted by Crippen LogP contribution is 2.59. The first-order valence-electron chi connectivity index (χ1n) is 6.95. The lowest BCUT2D eigenvalue weighted by atomic mass is 9.79. The average molecular weight is 242 g/mol. The lowest BCUT2D eigenvalue weighted by Crippen LogP contribution is -2.39. The molecule has 0 amide bonds. The highest BCUT2D eigenvalue weighted by atomic mass is 16.5. The van der Waals surface area contributed by atoms with Crippen LogP contribution in [0.15, 0.2) is 30.8 Å². The molecule has 96 valence electrons. The summed E-state index contributed by atoms with van der Waals surface area (Å²) in [6.07, 6.45) is 7.12. The maximum Gasteiger partial charge on any atom is 0.120 e. The number of hydrogen-bond donors (Lipinski definition) is 0. The van der Waals surface area contributed by atoms with Gasteiger partial charge in [0.15, 0.2) is 0 Å². The third kappa shape index (κ3) is 1.86. The van der Waals surface area contributed by atoms with Crippen molar-refractivity contribution in [1.29, 1.82) is 0 Å². The van der Waals surface area contributed by atoms with Crippen LogP contribution < -0.4 is 4.74 Å². The van der Waals surface area contributed by atoms with Crippen molar-refractivity contribution in [3.63, 3.8) is 0 Å². The maximum absolute atomic E-state index is 6.33. The van der Waals surface area contributed by atoms with Crippen LogP contribution in [0.5, 0.6) is 5.75 Å². The van der Waals surface area contributed by atoms with E-state index in [9.17, 15) is 0 Å². The molecule has 1 aromatic carbocycles. The molecule has 2 saturated carbocycles. The summed E-state index contributed by atoms with van der Waals surface area (Å²) in [7, 11) is 0. The van der Waals surface area contributed by atoms with E-state index in [1.807, 2.05) is 6.08 Å². The molecule has 0 saturated heterocycles. The molecule has 2 bridgehead atoms. The molecule has 0 heterocycles. The quantitative estimate of drug-likeness (QED) is 0.748. The fourth-order valence-corrected chi connectivity index (χ4v) is 4.06. The Morgan fingerprint density at radius 2 is 2.00 bits per heavy atom. The maximum atomic E-state index is 6.33. The lowest BCUT2D eigenvalue weighted by molar-refractivity contribution is 0.0210. The van der Waals surface area contributed by atoms with Crippen LogP contribution in [0.25, 0.3) is 6.08 Å². The van der Waals surface area contributed by atoms with Crippen molar-refractivity contribution >= 4 is 6.08 Å². The third-order valence-electron chi connectivity index (χ3n) is 4.94. The molecule has 1 nitrogen and oxygen atoms in total. The number of benzene rings is 1. The first kappa shape index (κ1) is 11.8. The largest absolute Gasteiger partial charge is 0.487 e. The van der Waals surface area contributed by atoms with Crippen molar-refractivity contribution in [1.82, 2.24) is 0 Å². The minimum Gasteiger partial charge on any atom is -0.487 e. The van der Waals surface area contributed by atoms with Gasteiger partial charge in [0.2, 0.25) is 0 Å². The van der Waals surface area contributed by atoms with Crippen molar-refractivity contribution in [2.24, 2.45) is 11.3 Å². The van der Waals surface area contributed by atoms with Crippen LogP contribution in [0.1, 0.15) is 45.1 Å². The zero-order chi connectivity index (χ0) is 12.8. The first-order valence-corrected chi connectivity index (χ1v) is 6.95. The van der Waals surface area contributed by atoms with Crippen LogP contribution in [-0.4, -0.2) is 5.60 Å². The van der Waals surface area contributed by atoms with Crippen LogP contribution in [0.2, 0.25) is 0 Å². The summed E-state index contributed by atoms with van der Waals surface area (Å²) in [5.41, 5.74) is 1.72. The van der Waals surface area contributed by atoms with E-state index in [1.54, 1.807) is 0 Å². The van der Waals surface area contributed by atoms with E-state index in [-0.39, 0.29) is 5.60 Å². The van der Waals surface area contributed by atoms with Gasteiger partial charge in [-0.05, 0) is 61.6 Å². The molecule has 0 spiro atoms. The van der Waals surface area contributed by atoms with Crippen LogP contribution in [0, 0.1) is 11.3 Å². The average Bonchev–Trinajstić information content (AvgIpc) is 2.83. The molecule has 3 unspecified atom stereocenters. The monoisotopic (exact) mass is 242 g/mol. The molecule has 0 radical (unpaired) electrons. The van der Waals surface area contributed by atoms with Gasteiger partial charge >= 0.3 is 0 Å². The third-order valence-corrected chi connectivity index (χ3v) is 4.94. The second kappa shape index (κ2) is 3.88. The van der Waals surface area contributed by atoms with Crippen molar-refractivity contribution in [3.8, 4) is 5.75 Å². The molecular weight excluding hydrogens is 220 g/mol. The lowest BCUT2D eigenvalue weighted by Gasteiger charge is -2.37. The van der Waals surface area contributed by atoms with Gasteiger partial charge in [0.1, 0.15) is 11.4 Å². The van der Waals surface area contributed by atoms with E-state index < -0.39 is 0 Å². The van der Waals surface area contributed by atoms with Gasteiger partial charge < -0.3 is 4.74 Å². The van der Waals surface area contributed by atoms with Crippen LogP contribution >= 0.6 is 0 Å². The Hall–Kier alpha value is -1.24. The van der Waals surface area contributed by atoms with E-state index in [1.165, 1.54) is 25.7 Å². The topological polar surface area (TPSA) is 9.23 Å². The van der Waals surface area contributed by atoms with Gasteiger partial charge in [-0.3, -0.25) is 0 Å². The van der Waals surface area contributed by atoms with E-state index in [4.69, 9.17) is 4.74 Å². The molecule has 18 heavy (non-hydrogen) atoms. The Bertz CT molecular complexity index is 461. The van der Waals surface area contributed by atoms with E-state index in [2.05, 4.69) is 44.7 Å². The Morgan fingerprint density at radius 1 is 1.28 bits per heavy atom. The first-order chi connectivity index (χ1) is 8.53. The van der Waals surface area contributed by atoms with Gasteiger partial charge in [-0.1, -0.05) is 31.7 Å². The van der Waals surface area contributed by atoms with Crippen LogP contribution in [-0.2, 0) is 0 Å². The van der Waals surface area contributed by atoms with Gasteiger partial charge in [-0.15, -0.1) is 0 Å². The van der Waals surface area contributed by atoms with Crippen LogP contribution in [0.4, 0.5) is 0 Å². The number of fused-ring (bicyclic) bond motifs is 2. The normalized spacial score (nSPS) is 37.8. The molecule has 2 fully saturated rings. The van der Waals surface area contributed by atoms with E-state index in [0.717, 1.165) is 17.2 Å². The highest BCUT2D eigenvalue weighted by Gasteiger charge is 2.55. The summed E-state index contributed by atoms with van der Waals surface area (Å²) < 4.78 is 6.33. The van der Waals surface area contributed by atoms with Gasteiger partial charge in [0.25, 0.3) is 0 Å². The number of ether oxygens (including phenoxy) is 1. The molecule has 0 aromatic heterocycles. The molecule has 1 heteroatoms. The second-order valence-electron chi connectivity index (χ2n) is 6.62. The SMILES string of the molecule is C=Cc1ccc(OC2(C)CC3(C)CCC2C3)cc1. The van der Waals surface area contributed by atoms with Gasteiger partial charge in [-0.25, -0.2) is 0 Å². The number of rotatable bonds is 3. The minimum absolute atomic E-state index is 0.0443. The van der Waals surface area contributed by atoms with Gasteiger partial charge in [-0.2, -0.15) is 0 Å². The zero-order valence-corrected chi connectivity index (χ0v) is 11.4. The Morgan fingerprint density at radius 3 is 2.50 bits per heavy atom. The smallest absolute Gasteiger partial charge is 0.120 e. The standard InChI is InChI=1S/C17H22O/c1-4-13-5-7-15(8-6-13)18-17(3)12-16(2)10-9-14(17)11-16/h4-8,14H,1,9-12H2,2-3H3. The minimum atomic E-state index is 0.0443. The second-order valence-corrected chi connectivity index (χ2v) is 6.62. The Balaban J connectivity index is 1.78. The van der Waals surface area contributed by atoms with E-state index >= 15 is 0 Å². The summed E-state index contributed by atoms with van der Waals surface area (Å²) in [6.45, 7) is 8.49. The highest BCUT2D eigenvalue weighted by molar-refractivity contribution is 5.48. The van der Waals surface area contributed by atoms with Crippen molar-refractivity contribution in [3.05, 3.63) is 36.4 Å². The summed E-state index contributed by atoms with van der Waals surface area (Å²) in [5, 5.41) is 0. The molecule has 2 aliphatic rings. The fraction of sp³-hybridized carbons (Fsp3) is 0.529. The molecule has 1 aromatic rings. The predicted octanol–water partition coefficient (Wildman–Crippen LogP) is 4.68. The number of hydrogen-bond acceptors (Lipinski definition) is 1. The van der Waals surface area contributed by atoms with Crippen molar-refractivity contribution in [2.45, 2.75) is 45.1 Å². The molecule has 0 N–H and O–H groups in total. The van der Waals surface area contributed by atoms with E-state index in [0.29, 0.717) is 5.41 Å². The van der Waals surface area contributed by atoms with Gasteiger partial charge in [0.05, 0.1) is 0 Å². The fourth-order valence-electron chi connectivity index (χ4n) is 4.06. The van der Waals surface area contributed by atoms with Crippen molar-refractivity contribution in [2.75, 3.05) is 0 Å². The predicted molar refractivity (Wildman–Crippen MR) is 75.6 cm³/mol. The Labute approximate surface area is 110 Å². The summed E-state index contributed by atoms with van der Waals surface area (Å²) in [5.74, 6) is 1.74. The zero-order valence-electron chi connectivity index (χ0n) is 11.4. The van der Waals surface area contributed by atoms with Crippen molar-refractivity contribution < 1.29 is 4.74 Å². The molecular formula is C17H22O. The Kier molecular flexibility index (Phi) is 2.55. The molecule has 0 aliphatic heterocycles. The van der Waals surface area contributed by atoms with Gasteiger partial charge in [0, 0.05) is 0 Å². The summed E-state index contributed by atoms with van der Waals surface area (Å²) in [6, 6.07) is 8.27. The summed E-state index contributed by atoms with van der Waals surface area (Å²) >= 11 is 0.